The van der Waals surface area contributed by atoms with Gasteiger partial charge in [0.15, 0.2) is 11.0 Å². The predicted molar refractivity (Wildman–Crippen MR) is 92.5 cm³/mol. The van der Waals surface area contributed by atoms with Gasteiger partial charge >= 0.3 is 0 Å². The smallest absolute Gasteiger partial charge is 0.234 e. The minimum absolute atomic E-state index is 0.110. The minimum atomic E-state index is -0.110. The van der Waals surface area contributed by atoms with Crippen LogP contribution < -0.4 is 5.32 Å². The lowest BCUT2D eigenvalue weighted by Gasteiger charge is -2.07. The number of rotatable bonds is 6. The molecule has 1 N–H and O–H groups in total. The molecular formula is C16H16N6OS. The van der Waals surface area contributed by atoms with Gasteiger partial charge in [0.1, 0.15) is 0 Å². The average molecular weight is 340 g/mol. The summed E-state index contributed by atoms with van der Waals surface area (Å²) >= 11 is 1.35. The SMILES string of the molecule is CCn1c(SCC(=O)Nc2cccnc2)nnc1-c1cccnc1. The van der Waals surface area contributed by atoms with Gasteiger partial charge in [-0.1, -0.05) is 11.8 Å². The van der Waals surface area contributed by atoms with Crippen molar-refractivity contribution < 1.29 is 4.79 Å². The summed E-state index contributed by atoms with van der Waals surface area (Å²) in [6.45, 7) is 2.73. The van der Waals surface area contributed by atoms with E-state index < -0.39 is 0 Å². The molecule has 0 unspecified atom stereocenters. The maximum Gasteiger partial charge on any atom is 0.234 e. The van der Waals surface area contributed by atoms with Crippen molar-refractivity contribution in [3.05, 3.63) is 49.1 Å². The van der Waals surface area contributed by atoms with Gasteiger partial charge in [0.25, 0.3) is 0 Å². The number of aromatic nitrogens is 5. The Morgan fingerprint density at radius 3 is 2.62 bits per heavy atom. The van der Waals surface area contributed by atoms with E-state index in [0.717, 1.165) is 11.4 Å². The molecule has 3 heterocycles. The van der Waals surface area contributed by atoms with Crippen molar-refractivity contribution in [2.75, 3.05) is 11.1 Å². The predicted octanol–water partition coefficient (Wildman–Crippen LogP) is 2.49. The van der Waals surface area contributed by atoms with E-state index in [1.165, 1.54) is 11.8 Å². The Labute approximate surface area is 143 Å². The number of nitrogens with zero attached hydrogens (tertiary/aromatic N) is 5. The van der Waals surface area contributed by atoms with Crippen molar-refractivity contribution in [1.29, 1.82) is 0 Å². The molecule has 0 aliphatic carbocycles. The minimum Gasteiger partial charge on any atom is -0.324 e. The molecule has 7 nitrogen and oxygen atoms in total. The van der Waals surface area contributed by atoms with Gasteiger partial charge < -0.3 is 9.88 Å². The molecule has 1 amide bonds. The maximum atomic E-state index is 12.0. The van der Waals surface area contributed by atoms with E-state index in [0.29, 0.717) is 17.4 Å². The number of hydrogen-bond donors (Lipinski definition) is 1. The number of nitrogens with one attached hydrogen (secondary N) is 1. The molecule has 0 saturated carbocycles. The van der Waals surface area contributed by atoms with Crippen LogP contribution in [0.3, 0.4) is 0 Å². The first-order chi connectivity index (χ1) is 11.8. The first-order valence-electron chi connectivity index (χ1n) is 7.44. The summed E-state index contributed by atoms with van der Waals surface area (Å²) in [5.41, 5.74) is 1.58. The second-order valence-corrected chi connectivity index (χ2v) is 5.81. The molecule has 8 heteroatoms. The molecule has 0 atom stereocenters. The number of carbonyl (C=O) groups is 1. The quantitative estimate of drug-likeness (QED) is 0.694. The van der Waals surface area contributed by atoms with Crippen molar-refractivity contribution >= 4 is 23.4 Å². The highest BCUT2D eigenvalue weighted by molar-refractivity contribution is 7.99. The van der Waals surface area contributed by atoms with Crippen LogP contribution in [0, 0.1) is 0 Å². The van der Waals surface area contributed by atoms with Crippen molar-refractivity contribution in [3.63, 3.8) is 0 Å². The van der Waals surface area contributed by atoms with Crippen LogP contribution in [-0.2, 0) is 11.3 Å². The number of carbonyl (C=O) groups excluding carboxylic acids is 1. The van der Waals surface area contributed by atoms with Crippen molar-refractivity contribution in [2.45, 2.75) is 18.6 Å². The second-order valence-electron chi connectivity index (χ2n) is 4.87. The standard InChI is InChI=1S/C16H16N6OS/c1-2-22-15(12-5-3-7-17-9-12)20-21-16(22)24-11-14(23)19-13-6-4-8-18-10-13/h3-10H,2,11H2,1H3,(H,19,23). The Morgan fingerprint density at radius 2 is 1.96 bits per heavy atom. The lowest BCUT2D eigenvalue weighted by Crippen LogP contribution is -2.14. The highest BCUT2D eigenvalue weighted by Gasteiger charge is 2.14. The molecule has 24 heavy (non-hydrogen) atoms. The van der Waals surface area contributed by atoms with Gasteiger partial charge in [-0.3, -0.25) is 14.8 Å². The summed E-state index contributed by atoms with van der Waals surface area (Å²) in [6, 6.07) is 7.37. The molecule has 3 rings (SSSR count). The third-order valence-corrected chi connectivity index (χ3v) is 4.20. The van der Waals surface area contributed by atoms with Gasteiger partial charge in [-0.2, -0.15) is 0 Å². The zero-order chi connectivity index (χ0) is 16.8. The molecule has 3 aromatic heterocycles. The molecule has 3 aromatic rings. The fraction of sp³-hybridized carbons (Fsp3) is 0.188. The largest absolute Gasteiger partial charge is 0.324 e. The third-order valence-electron chi connectivity index (χ3n) is 3.23. The van der Waals surface area contributed by atoms with Crippen LogP contribution in [0.15, 0.2) is 54.2 Å². The van der Waals surface area contributed by atoms with Gasteiger partial charge in [0.05, 0.1) is 17.6 Å². The lowest BCUT2D eigenvalue weighted by atomic mass is 10.3. The molecule has 0 spiro atoms. The molecule has 122 valence electrons. The fourth-order valence-electron chi connectivity index (χ4n) is 2.15. The van der Waals surface area contributed by atoms with Crippen molar-refractivity contribution in [3.8, 4) is 11.4 Å². The molecule has 0 aliphatic rings. The Kier molecular flexibility index (Phi) is 5.17. The number of anilines is 1. The van der Waals surface area contributed by atoms with Crippen LogP contribution in [-0.4, -0.2) is 36.4 Å². The summed E-state index contributed by atoms with van der Waals surface area (Å²) in [5, 5.41) is 11.9. The molecule has 0 radical (unpaired) electrons. The first kappa shape index (κ1) is 16.1. The number of amides is 1. The number of thioether (sulfide) groups is 1. The van der Waals surface area contributed by atoms with E-state index in [-0.39, 0.29) is 11.7 Å². The normalized spacial score (nSPS) is 10.5. The summed E-state index contributed by atoms with van der Waals surface area (Å²) in [7, 11) is 0. The summed E-state index contributed by atoms with van der Waals surface area (Å²) in [4.78, 5) is 20.1. The molecule has 0 aliphatic heterocycles. The van der Waals surface area contributed by atoms with Crippen molar-refractivity contribution in [1.82, 2.24) is 24.7 Å². The monoisotopic (exact) mass is 340 g/mol. The molecular weight excluding hydrogens is 324 g/mol. The first-order valence-corrected chi connectivity index (χ1v) is 8.42. The average Bonchev–Trinajstić information content (AvgIpc) is 3.04. The molecule has 0 saturated heterocycles. The Balaban J connectivity index is 1.67. The summed E-state index contributed by atoms with van der Waals surface area (Å²) < 4.78 is 1.97. The Hall–Kier alpha value is -2.74. The fourth-order valence-corrected chi connectivity index (χ4v) is 2.96. The number of pyridine rings is 2. The molecule has 0 fully saturated rings. The Bertz CT molecular complexity index is 806. The molecule has 0 bridgehead atoms. The highest BCUT2D eigenvalue weighted by Crippen LogP contribution is 2.23. The van der Waals surface area contributed by atoms with E-state index in [4.69, 9.17) is 0 Å². The summed E-state index contributed by atoms with van der Waals surface area (Å²) in [6.07, 6.45) is 6.74. The van der Waals surface area contributed by atoms with Crippen LogP contribution in [0.25, 0.3) is 11.4 Å². The van der Waals surface area contributed by atoms with Gasteiger partial charge in [0.2, 0.25) is 5.91 Å². The maximum absolute atomic E-state index is 12.0. The van der Waals surface area contributed by atoms with Gasteiger partial charge in [-0.15, -0.1) is 10.2 Å². The lowest BCUT2D eigenvalue weighted by molar-refractivity contribution is -0.113. The van der Waals surface area contributed by atoms with Crippen LogP contribution in [0.2, 0.25) is 0 Å². The van der Waals surface area contributed by atoms with Crippen LogP contribution in [0.1, 0.15) is 6.92 Å². The number of hydrogen-bond acceptors (Lipinski definition) is 6. The van der Waals surface area contributed by atoms with E-state index in [1.54, 1.807) is 36.9 Å². The van der Waals surface area contributed by atoms with E-state index in [9.17, 15) is 4.79 Å². The second kappa shape index (κ2) is 7.69. The highest BCUT2D eigenvalue weighted by atomic mass is 32.2. The van der Waals surface area contributed by atoms with E-state index in [2.05, 4.69) is 25.5 Å². The van der Waals surface area contributed by atoms with Gasteiger partial charge in [-0.05, 0) is 31.2 Å². The summed E-state index contributed by atoms with van der Waals surface area (Å²) in [5.74, 6) is 0.891. The van der Waals surface area contributed by atoms with Gasteiger partial charge in [-0.25, -0.2) is 0 Å². The zero-order valence-electron chi connectivity index (χ0n) is 13.1. The Morgan fingerprint density at radius 1 is 1.17 bits per heavy atom. The topological polar surface area (TPSA) is 85.6 Å². The van der Waals surface area contributed by atoms with Crippen molar-refractivity contribution in [2.24, 2.45) is 0 Å². The third kappa shape index (κ3) is 3.77. The van der Waals surface area contributed by atoms with Crippen LogP contribution in [0.4, 0.5) is 5.69 Å². The zero-order valence-corrected chi connectivity index (χ0v) is 13.9. The van der Waals surface area contributed by atoms with Crippen LogP contribution in [0.5, 0.6) is 0 Å². The molecule has 0 aromatic carbocycles. The van der Waals surface area contributed by atoms with Crippen LogP contribution >= 0.6 is 11.8 Å². The van der Waals surface area contributed by atoms with Gasteiger partial charge in [0, 0.05) is 30.7 Å². The van der Waals surface area contributed by atoms with E-state index >= 15 is 0 Å². The van der Waals surface area contributed by atoms with E-state index in [1.807, 2.05) is 23.6 Å².